The fourth-order valence-corrected chi connectivity index (χ4v) is 3.80. The minimum atomic E-state index is 0.152. The van der Waals surface area contributed by atoms with Gasteiger partial charge in [0.25, 0.3) is 0 Å². The van der Waals surface area contributed by atoms with E-state index in [4.69, 9.17) is 11.8 Å². The Morgan fingerprint density at radius 3 is 1.29 bits per heavy atom. The summed E-state index contributed by atoms with van der Waals surface area (Å²) in [6.45, 7) is 3.52. The maximum Gasteiger partial charge on any atom is 0.220 e. The van der Waals surface area contributed by atoms with Crippen LogP contribution in [0.25, 0.3) is 0 Å². The Bertz CT molecular complexity index is 313. The Hall–Kier alpha value is -0.280. The second kappa shape index (κ2) is 24.8. The molecule has 0 saturated carbocycles. The van der Waals surface area contributed by atoms with Crippen LogP contribution < -0.4 is 10.2 Å². The fraction of sp³-hybridized carbons (Fsp3) is 0.958. The van der Waals surface area contributed by atoms with Crippen LogP contribution >= 0.6 is 11.8 Å². The van der Waals surface area contributed by atoms with E-state index >= 15 is 0 Å². The van der Waals surface area contributed by atoms with Crippen molar-refractivity contribution in [2.45, 2.75) is 135 Å². The molecule has 0 aliphatic carbocycles. The van der Waals surface area contributed by atoms with Gasteiger partial charge in [-0.1, -0.05) is 122 Å². The lowest BCUT2D eigenvalue weighted by molar-refractivity contribution is -0.121. The van der Waals surface area contributed by atoms with Gasteiger partial charge in [-0.3, -0.25) is 4.79 Å². The third-order valence-corrected chi connectivity index (χ3v) is 5.74. The summed E-state index contributed by atoms with van der Waals surface area (Å²) in [5.41, 5.74) is 0. The number of rotatable bonds is 23. The van der Waals surface area contributed by atoms with Gasteiger partial charge < -0.3 is 5.32 Å². The van der Waals surface area contributed by atoms with Crippen LogP contribution in [0.2, 0.25) is 0 Å². The van der Waals surface area contributed by atoms with Gasteiger partial charge in [0, 0.05) is 19.5 Å². The van der Waals surface area contributed by atoms with E-state index in [1.807, 2.05) is 0 Å². The van der Waals surface area contributed by atoms with Crippen LogP contribution in [-0.2, 0) is 4.79 Å². The maximum atomic E-state index is 11.5. The molecule has 0 aromatic rings. The lowest BCUT2D eigenvalue weighted by Gasteiger charge is -2.05. The predicted molar refractivity (Wildman–Crippen MR) is 125 cm³/mol. The van der Waals surface area contributed by atoms with Gasteiger partial charge in [-0.2, -0.15) is 0 Å². The molecule has 0 rings (SSSR count). The van der Waals surface area contributed by atoms with Crippen LogP contribution in [0.1, 0.15) is 135 Å². The van der Waals surface area contributed by atoms with E-state index in [0.29, 0.717) is 19.5 Å². The molecule has 0 fully saturated rings. The number of amides is 1. The smallest absolute Gasteiger partial charge is 0.220 e. The maximum absolute atomic E-state index is 11.5. The van der Waals surface area contributed by atoms with Gasteiger partial charge in [-0.25, -0.2) is 4.84 Å². The minimum Gasteiger partial charge on any atom is -0.355 e. The number of hydrogen-bond donors (Lipinski definition) is 2. The summed E-state index contributed by atoms with van der Waals surface area (Å²) in [4.78, 5) is 14.0. The van der Waals surface area contributed by atoms with Crippen molar-refractivity contribution in [1.29, 1.82) is 0 Å². The van der Waals surface area contributed by atoms with E-state index in [9.17, 15) is 4.79 Å². The number of carbonyl (C=O) groups is 1. The molecule has 168 valence electrons. The standard InChI is InChI=1S/C24H49ClN2O/c1-2-3-4-5-6-7-8-9-10-11-12-13-14-15-16-17-18-19-20-21-24(28)26-22-23-27-25/h27H,2-23H2,1H3,(H,26,28). The van der Waals surface area contributed by atoms with Gasteiger partial charge in [0.1, 0.15) is 0 Å². The molecular formula is C24H49ClN2O. The predicted octanol–water partition coefficient (Wildman–Crippen LogP) is 7.67. The monoisotopic (exact) mass is 416 g/mol. The Kier molecular flexibility index (Phi) is 24.5. The van der Waals surface area contributed by atoms with Crippen LogP contribution in [0.3, 0.4) is 0 Å². The summed E-state index contributed by atoms with van der Waals surface area (Å²) in [7, 11) is 0. The molecule has 0 spiro atoms. The highest BCUT2D eigenvalue weighted by atomic mass is 35.5. The van der Waals surface area contributed by atoms with Crippen molar-refractivity contribution in [3.05, 3.63) is 0 Å². The molecule has 0 saturated heterocycles. The lowest BCUT2D eigenvalue weighted by Crippen LogP contribution is -2.28. The third-order valence-electron chi connectivity index (χ3n) is 5.55. The molecule has 0 aromatic carbocycles. The molecule has 28 heavy (non-hydrogen) atoms. The molecule has 0 bridgehead atoms. The first-order chi connectivity index (χ1) is 13.8. The summed E-state index contributed by atoms with van der Waals surface area (Å²) in [6.07, 6.45) is 26.9. The Balaban J connectivity index is 3.06. The van der Waals surface area contributed by atoms with Gasteiger partial charge in [-0.05, 0) is 18.2 Å². The topological polar surface area (TPSA) is 41.1 Å². The molecule has 2 N–H and O–H groups in total. The van der Waals surface area contributed by atoms with Crippen molar-refractivity contribution in [3.63, 3.8) is 0 Å². The fourth-order valence-electron chi connectivity index (χ4n) is 3.70. The second-order valence-corrected chi connectivity index (χ2v) is 8.61. The average Bonchev–Trinajstić information content (AvgIpc) is 2.70. The Morgan fingerprint density at radius 2 is 0.929 bits per heavy atom. The van der Waals surface area contributed by atoms with Gasteiger partial charge in [0.2, 0.25) is 5.91 Å². The zero-order valence-electron chi connectivity index (χ0n) is 18.8. The summed E-state index contributed by atoms with van der Waals surface area (Å²) in [5.74, 6) is 0.152. The zero-order chi connectivity index (χ0) is 20.5. The third kappa shape index (κ3) is 23.8. The molecule has 0 heterocycles. The van der Waals surface area contributed by atoms with Gasteiger partial charge in [0.05, 0.1) is 0 Å². The highest BCUT2D eigenvalue weighted by Gasteiger charge is 2.00. The molecule has 1 amide bonds. The van der Waals surface area contributed by atoms with E-state index in [1.165, 1.54) is 116 Å². The Morgan fingerprint density at radius 1 is 0.571 bits per heavy atom. The van der Waals surface area contributed by atoms with E-state index in [0.717, 1.165) is 6.42 Å². The molecule has 3 nitrogen and oxygen atoms in total. The van der Waals surface area contributed by atoms with E-state index in [2.05, 4.69) is 17.1 Å². The molecule has 0 radical (unpaired) electrons. The van der Waals surface area contributed by atoms with Crippen LogP contribution in [-0.4, -0.2) is 19.0 Å². The van der Waals surface area contributed by atoms with Crippen molar-refractivity contribution >= 4 is 17.7 Å². The van der Waals surface area contributed by atoms with Gasteiger partial charge in [-0.15, -0.1) is 0 Å². The van der Waals surface area contributed by atoms with Gasteiger partial charge >= 0.3 is 0 Å². The minimum absolute atomic E-state index is 0.152. The number of hydrogen-bond acceptors (Lipinski definition) is 2. The van der Waals surface area contributed by atoms with Crippen molar-refractivity contribution in [1.82, 2.24) is 10.2 Å². The van der Waals surface area contributed by atoms with E-state index in [1.54, 1.807) is 0 Å². The number of nitrogens with one attached hydrogen (secondary N) is 2. The molecular weight excluding hydrogens is 368 g/mol. The molecule has 0 unspecified atom stereocenters. The largest absolute Gasteiger partial charge is 0.355 e. The van der Waals surface area contributed by atoms with Crippen LogP contribution in [0, 0.1) is 0 Å². The van der Waals surface area contributed by atoms with Gasteiger partial charge in [0.15, 0.2) is 0 Å². The van der Waals surface area contributed by atoms with Crippen molar-refractivity contribution in [2.24, 2.45) is 0 Å². The van der Waals surface area contributed by atoms with Crippen LogP contribution in [0.15, 0.2) is 0 Å². The first kappa shape index (κ1) is 27.7. The SMILES string of the molecule is CCCCCCCCCCCCCCCCCCCCCC(=O)NCCNCl. The molecule has 0 aromatic heterocycles. The second-order valence-electron chi connectivity index (χ2n) is 8.35. The highest BCUT2D eigenvalue weighted by molar-refractivity contribution is 6.13. The van der Waals surface area contributed by atoms with Crippen molar-refractivity contribution in [3.8, 4) is 0 Å². The van der Waals surface area contributed by atoms with Crippen LogP contribution in [0.5, 0.6) is 0 Å². The summed E-state index contributed by atoms with van der Waals surface area (Å²) in [6, 6.07) is 0. The van der Waals surface area contributed by atoms with Crippen LogP contribution in [0.4, 0.5) is 0 Å². The first-order valence-corrected chi connectivity index (χ1v) is 12.8. The average molecular weight is 417 g/mol. The highest BCUT2D eigenvalue weighted by Crippen LogP contribution is 2.14. The quantitative estimate of drug-likeness (QED) is 0.132. The number of carbonyl (C=O) groups excluding carboxylic acids is 1. The first-order valence-electron chi connectivity index (χ1n) is 12.4. The normalized spacial score (nSPS) is 11.1. The molecule has 4 heteroatoms. The summed E-state index contributed by atoms with van der Waals surface area (Å²) in [5, 5.41) is 2.86. The molecule has 0 aliphatic rings. The van der Waals surface area contributed by atoms with Crippen molar-refractivity contribution in [2.75, 3.05) is 13.1 Å². The molecule has 0 atom stereocenters. The lowest BCUT2D eigenvalue weighted by atomic mass is 10.0. The van der Waals surface area contributed by atoms with E-state index < -0.39 is 0 Å². The molecule has 0 aliphatic heterocycles. The summed E-state index contributed by atoms with van der Waals surface area (Å²) >= 11 is 5.35. The Labute approximate surface area is 181 Å². The number of unbranched alkanes of at least 4 members (excludes halogenated alkanes) is 18. The summed E-state index contributed by atoms with van der Waals surface area (Å²) < 4.78 is 0. The zero-order valence-corrected chi connectivity index (χ0v) is 19.6. The number of halogens is 1. The van der Waals surface area contributed by atoms with Crippen molar-refractivity contribution < 1.29 is 4.79 Å². The van der Waals surface area contributed by atoms with E-state index in [-0.39, 0.29) is 5.91 Å².